The number of benzene rings is 1. The molecule has 0 saturated carbocycles. The summed E-state index contributed by atoms with van der Waals surface area (Å²) in [5.74, 6) is 1.43. The maximum absolute atomic E-state index is 2.47. The normalized spacial score (nSPS) is 11.3. The van der Waals surface area contributed by atoms with Gasteiger partial charge in [-0.25, -0.2) is 9.13 Å². The fraction of sp³-hybridized carbons (Fsp3) is 0.571. The molecule has 0 radical (unpaired) electrons. The minimum Gasteiger partial charge on any atom is -0.234 e. The van der Waals surface area contributed by atoms with Gasteiger partial charge in [0.2, 0.25) is 0 Å². The summed E-state index contributed by atoms with van der Waals surface area (Å²) in [6.07, 6.45) is 13.7. The molecule has 1 aromatic carbocycles. The quantitative estimate of drug-likeness (QED) is 0.415. The third kappa shape index (κ3) is 5.53. The molecule has 0 aliphatic carbocycles. The Balaban J connectivity index is 1.98. The lowest BCUT2D eigenvalue weighted by atomic mass is 10.1. The Hall–Kier alpha value is -1.57. The first kappa shape index (κ1) is 17.8. The van der Waals surface area contributed by atoms with E-state index in [4.69, 9.17) is 0 Å². The van der Waals surface area contributed by atoms with Crippen LogP contribution >= 0.6 is 0 Å². The Kier molecular flexibility index (Phi) is 7.38. The summed E-state index contributed by atoms with van der Waals surface area (Å²) in [6, 6.07) is 11.3. The summed E-state index contributed by atoms with van der Waals surface area (Å²) in [5.41, 5.74) is 1.39. The highest BCUT2D eigenvalue weighted by atomic mass is 15.2. The predicted octanol–water partition coefficient (Wildman–Crippen LogP) is 5.31. The minimum atomic E-state index is 0.513. The zero-order valence-corrected chi connectivity index (χ0v) is 15.2. The smallest absolute Gasteiger partial charge is 0.234 e. The molecular formula is C21H33N2+. The zero-order valence-electron chi connectivity index (χ0n) is 15.2. The number of imidazole rings is 1. The van der Waals surface area contributed by atoms with E-state index in [2.05, 4.69) is 72.6 Å². The highest BCUT2D eigenvalue weighted by molar-refractivity contribution is 5.18. The van der Waals surface area contributed by atoms with Crippen molar-refractivity contribution in [1.29, 1.82) is 0 Å². The lowest BCUT2D eigenvalue weighted by Crippen LogP contribution is -2.37. The molecule has 1 aromatic heterocycles. The Labute approximate surface area is 142 Å². The van der Waals surface area contributed by atoms with E-state index in [0.29, 0.717) is 6.04 Å². The highest BCUT2D eigenvalue weighted by Gasteiger charge is 2.19. The van der Waals surface area contributed by atoms with E-state index in [1.807, 2.05) is 0 Å². The average Bonchev–Trinajstić information content (AvgIpc) is 2.95. The molecule has 0 fully saturated rings. The first-order chi connectivity index (χ1) is 11.2. The van der Waals surface area contributed by atoms with E-state index in [0.717, 1.165) is 13.0 Å². The van der Waals surface area contributed by atoms with Crippen LogP contribution in [0.3, 0.4) is 0 Å². The molecule has 23 heavy (non-hydrogen) atoms. The van der Waals surface area contributed by atoms with E-state index in [1.165, 1.54) is 49.9 Å². The molecule has 2 heteroatoms. The Morgan fingerprint density at radius 1 is 0.957 bits per heavy atom. The predicted molar refractivity (Wildman–Crippen MR) is 97.6 cm³/mol. The fourth-order valence-electron chi connectivity index (χ4n) is 3.18. The van der Waals surface area contributed by atoms with Crippen molar-refractivity contribution in [2.45, 2.75) is 78.3 Å². The van der Waals surface area contributed by atoms with E-state index < -0.39 is 0 Å². The third-order valence-corrected chi connectivity index (χ3v) is 4.55. The fourth-order valence-corrected chi connectivity index (χ4v) is 3.18. The van der Waals surface area contributed by atoms with Crippen LogP contribution in [0.2, 0.25) is 0 Å². The van der Waals surface area contributed by atoms with Crippen LogP contribution in [-0.4, -0.2) is 4.57 Å². The van der Waals surface area contributed by atoms with Crippen molar-refractivity contribution in [3.8, 4) is 0 Å². The maximum atomic E-state index is 2.47. The van der Waals surface area contributed by atoms with Gasteiger partial charge >= 0.3 is 0 Å². The molecule has 0 spiro atoms. The Bertz CT molecular complexity index is 554. The molecule has 0 bridgehead atoms. The number of unbranched alkanes of at least 4 members (excludes halogenated alkanes) is 5. The number of aryl methyl sites for hydroxylation is 1. The number of nitrogens with zero attached hydrogens (tertiary/aromatic N) is 2. The lowest BCUT2D eigenvalue weighted by molar-refractivity contribution is -0.704. The van der Waals surface area contributed by atoms with Gasteiger partial charge in [-0.3, -0.25) is 0 Å². The van der Waals surface area contributed by atoms with E-state index in [1.54, 1.807) is 0 Å². The molecule has 0 unspecified atom stereocenters. The van der Waals surface area contributed by atoms with Crippen LogP contribution in [0, 0.1) is 0 Å². The molecule has 2 rings (SSSR count). The number of hydrogen-bond acceptors (Lipinski definition) is 0. The molecule has 0 aliphatic rings. The van der Waals surface area contributed by atoms with Crippen molar-refractivity contribution in [2.24, 2.45) is 0 Å². The van der Waals surface area contributed by atoms with Gasteiger partial charge in [-0.15, -0.1) is 0 Å². The Morgan fingerprint density at radius 3 is 2.35 bits per heavy atom. The van der Waals surface area contributed by atoms with Gasteiger partial charge in [0.15, 0.2) is 0 Å². The van der Waals surface area contributed by atoms with Gasteiger partial charge in [0, 0.05) is 0 Å². The van der Waals surface area contributed by atoms with Crippen LogP contribution < -0.4 is 4.57 Å². The largest absolute Gasteiger partial charge is 0.261 e. The van der Waals surface area contributed by atoms with E-state index in [9.17, 15) is 0 Å². The third-order valence-electron chi connectivity index (χ3n) is 4.55. The van der Waals surface area contributed by atoms with Crippen molar-refractivity contribution < 1.29 is 4.57 Å². The highest BCUT2D eigenvalue weighted by Crippen LogP contribution is 2.13. The van der Waals surface area contributed by atoms with Crippen molar-refractivity contribution in [2.75, 3.05) is 0 Å². The molecule has 0 N–H and O–H groups in total. The van der Waals surface area contributed by atoms with Crippen molar-refractivity contribution in [3.63, 3.8) is 0 Å². The number of aromatic nitrogens is 2. The van der Waals surface area contributed by atoms with Gasteiger partial charge in [-0.1, -0.05) is 62.9 Å². The maximum Gasteiger partial charge on any atom is 0.261 e. The second-order valence-electron chi connectivity index (χ2n) is 6.84. The summed E-state index contributed by atoms with van der Waals surface area (Å²) in [4.78, 5) is 0. The van der Waals surface area contributed by atoms with Crippen LogP contribution in [0.5, 0.6) is 0 Å². The van der Waals surface area contributed by atoms with Gasteiger partial charge in [-0.2, -0.15) is 0 Å². The molecule has 1 heterocycles. The van der Waals surface area contributed by atoms with Crippen LogP contribution in [0.25, 0.3) is 0 Å². The number of hydrogen-bond donors (Lipinski definition) is 0. The molecular weight excluding hydrogens is 280 g/mol. The summed E-state index contributed by atoms with van der Waals surface area (Å²) in [7, 11) is 0. The molecule has 2 nitrogen and oxygen atoms in total. The lowest BCUT2D eigenvalue weighted by Gasteiger charge is -2.08. The second kappa shape index (κ2) is 9.54. The van der Waals surface area contributed by atoms with Crippen molar-refractivity contribution in [1.82, 2.24) is 4.57 Å². The average molecular weight is 314 g/mol. The Morgan fingerprint density at radius 2 is 1.65 bits per heavy atom. The summed E-state index contributed by atoms with van der Waals surface area (Å²) in [6.45, 7) is 7.96. The second-order valence-corrected chi connectivity index (χ2v) is 6.84. The SMILES string of the molecule is CCCCCCCC[n+]1ccn(C(C)C)c1Cc1ccccc1. The first-order valence-corrected chi connectivity index (χ1v) is 9.35. The minimum absolute atomic E-state index is 0.513. The van der Waals surface area contributed by atoms with Gasteiger partial charge in [0.1, 0.15) is 12.4 Å². The molecule has 0 aliphatic heterocycles. The van der Waals surface area contributed by atoms with Crippen molar-refractivity contribution >= 4 is 0 Å². The first-order valence-electron chi connectivity index (χ1n) is 9.35. The monoisotopic (exact) mass is 313 g/mol. The van der Waals surface area contributed by atoms with Gasteiger partial charge in [-0.05, 0) is 32.3 Å². The molecule has 2 aromatic rings. The topological polar surface area (TPSA) is 8.81 Å². The van der Waals surface area contributed by atoms with Crippen LogP contribution in [0.4, 0.5) is 0 Å². The van der Waals surface area contributed by atoms with Crippen LogP contribution in [-0.2, 0) is 13.0 Å². The van der Waals surface area contributed by atoms with Crippen LogP contribution in [0.1, 0.15) is 76.7 Å². The van der Waals surface area contributed by atoms with E-state index in [-0.39, 0.29) is 0 Å². The standard InChI is InChI=1S/C21H33N2/c1-4-5-6-7-8-12-15-22-16-17-23(19(2)3)21(22)18-20-13-10-9-11-14-20/h9-11,13-14,16-17,19H,4-8,12,15,18H2,1-3H3/q+1. The molecule has 0 amide bonds. The summed E-state index contributed by atoms with van der Waals surface area (Å²) >= 11 is 0. The summed E-state index contributed by atoms with van der Waals surface area (Å²) < 4.78 is 4.89. The molecule has 0 atom stereocenters. The van der Waals surface area contributed by atoms with E-state index >= 15 is 0 Å². The number of rotatable bonds is 10. The van der Waals surface area contributed by atoms with Crippen molar-refractivity contribution in [3.05, 3.63) is 54.1 Å². The summed E-state index contributed by atoms with van der Waals surface area (Å²) in [5, 5.41) is 0. The van der Waals surface area contributed by atoms with Gasteiger partial charge in [0.25, 0.3) is 5.82 Å². The van der Waals surface area contributed by atoms with Gasteiger partial charge < -0.3 is 0 Å². The molecule has 0 saturated heterocycles. The van der Waals surface area contributed by atoms with Crippen LogP contribution in [0.15, 0.2) is 42.7 Å². The molecule has 126 valence electrons. The zero-order chi connectivity index (χ0) is 16.5. The van der Waals surface area contributed by atoms with Gasteiger partial charge in [0.05, 0.1) is 19.0 Å².